The minimum absolute atomic E-state index is 0.0278. The molecular formula is C15H22N6O4S. The highest BCUT2D eigenvalue weighted by molar-refractivity contribution is 7.89. The van der Waals surface area contributed by atoms with Crippen molar-refractivity contribution in [3.63, 3.8) is 0 Å². The van der Waals surface area contributed by atoms with Gasteiger partial charge in [0, 0.05) is 52.8 Å². The van der Waals surface area contributed by atoms with Gasteiger partial charge in [-0.25, -0.2) is 8.42 Å². The summed E-state index contributed by atoms with van der Waals surface area (Å²) in [6.07, 6.45) is 3.38. The Bertz CT molecular complexity index is 884. The van der Waals surface area contributed by atoms with Crippen molar-refractivity contribution >= 4 is 15.9 Å². The van der Waals surface area contributed by atoms with Crippen LogP contribution in [0.2, 0.25) is 0 Å². The number of hydrogen-bond acceptors (Lipinski definition) is 7. The zero-order chi connectivity index (χ0) is 18.9. The highest BCUT2D eigenvalue weighted by Gasteiger charge is 2.40. The van der Waals surface area contributed by atoms with Crippen LogP contribution in [0.25, 0.3) is 0 Å². The molecule has 1 amide bonds. The monoisotopic (exact) mass is 382 g/mol. The van der Waals surface area contributed by atoms with E-state index in [-0.39, 0.29) is 16.7 Å². The number of likely N-dealkylation sites (N-methyl/N-ethyl adjacent to an activating group) is 1. The molecule has 0 N–H and O–H groups in total. The lowest BCUT2D eigenvalue weighted by molar-refractivity contribution is -0.127. The molecule has 1 fully saturated rings. The van der Waals surface area contributed by atoms with E-state index in [0.29, 0.717) is 44.3 Å². The van der Waals surface area contributed by atoms with Crippen LogP contribution in [0.1, 0.15) is 31.5 Å². The van der Waals surface area contributed by atoms with Crippen molar-refractivity contribution in [1.29, 1.82) is 0 Å². The average Bonchev–Trinajstić information content (AvgIpc) is 3.20. The van der Waals surface area contributed by atoms with E-state index in [2.05, 4.69) is 15.2 Å². The van der Waals surface area contributed by atoms with Gasteiger partial charge < -0.3 is 9.42 Å². The Morgan fingerprint density at radius 3 is 2.77 bits per heavy atom. The minimum atomic E-state index is -3.54. The second kappa shape index (κ2) is 7.16. The number of rotatable bonds is 7. The zero-order valence-corrected chi connectivity index (χ0v) is 15.8. The standard InChI is InChI=1S/C15H22N6O4S/c1-4-20-10-13(7-16-20)26(23,24)21-8-12(9-21)15-17-14(18-25-15)5-6-19(3)11(2)22/h7,10,12H,4-6,8-9H2,1-3H3. The first kappa shape index (κ1) is 18.5. The molecule has 0 atom stereocenters. The Morgan fingerprint density at radius 1 is 1.42 bits per heavy atom. The Morgan fingerprint density at radius 2 is 2.15 bits per heavy atom. The average molecular weight is 382 g/mol. The Kier molecular flexibility index (Phi) is 5.10. The third-order valence-electron chi connectivity index (χ3n) is 4.46. The van der Waals surface area contributed by atoms with Gasteiger partial charge in [0.25, 0.3) is 0 Å². The molecule has 0 radical (unpaired) electrons. The Hall–Kier alpha value is -2.27. The summed E-state index contributed by atoms with van der Waals surface area (Å²) in [4.78, 5) is 17.3. The molecule has 3 rings (SSSR count). The molecule has 1 aliphatic heterocycles. The lowest BCUT2D eigenvalue weighted by Gasteiger charge is -2.35. The molecule has 0 unspecified atom stereocenters. The zero-order valence-electron chi connectivity index (χ0n) is 15.0. The van der Waals surface area contributed by atoms with Gasteiger partial charge in [0.15, 0.2) is 5.82 Å². The number of carbonyl (C=O) groups excluding carboxylic acids is 1. The fourth-order valence-electron chi connectivity index (χ4n) is 2.55. The topological polar surface area (TPSA) is 114 Å². The summed E-state index contributed by atoms with van der Waals surface area (Å²) in [7, 11) is -1.83. The van der Waals surface area contributed by atoms with Crippen LogP contribution in [0.15, 0.2) is 21.8 Å². The van der Waals surface area contributed by atoms with Crippen molar-refractivity contribution in [1.82, 2.24) is 29.1 Å². The fourth-order valence-corrected chi connectivity index (χ4v) is 4.04. The molecule has 2 aromatic heterocycles. The van der Waals surface area contributed by atoms with Gasteiger partial charge in [-0.1, -0.05) is 5.16 Å². The third-order valence-corrected chi connectivity index (χ3v) is 6.25. The van der Waals surface area contributed by atoms with E-state index in [9.17, 15) is 13.2 Å². The highest BCUT2D eigenvalue weighted by Crippen LogP contribution is 2.31. The molecule has 0 bridgehead atoms. The van der Waals surface area contributed by atoms with Crippen LogP contribution in [0.3, 0.4) is 0 Å². The number of sulfonamides is 1. The molecule has 3 heterocycles. The number of amides is 1. The van der Waals surface area contributed by atoms with E-state index in [0.717, 1.165) is 0 Å². The summed E-state index contributed by atoms with van der Waals surface area (Å²) in [5.41, 5.74) is 0. The second-order valence-corrected chi connectivity index (χ2v) is 8.23. The first-order chi connectivity index (χ1) is 12.3. The maximum Gasteiger partial charge on any atom is 0.246 e. The molecule has 0 aliphatic carbocycles. The molecule has 10 nitrogen and oxygen atoms in total. The van der Waals surface area contributed by atoms with E-state index in [1.807, 2.05) is 6.92 Å². The Balaban J connectivity index is 1.57. The van der Waals surface area contributed by atoms with E-state index >= 15 is 0 Å². The van der Waals surface area contributed by atoms with Gasteiger partial charge in [-0.2, -0.15) is 14.4 Å². The maximum atomic E-state index is 12.5. The molecule has 142 valence electrons. The maximum absolute atomic E-state index is 12.5. The number of aryl methyl sites for hydroxylation is 1. The summed E-state index contributed by atoms with van der Waals surface area (Å²) >= 11 is 0. The highest BCUT2D eigenvalue weighted by atomic mass is 32.2. The van der Waals surface area contributed by atoms with Gasteiger partial charge in [-0.3, -0.25) is 9.48 Å². The summed E-state index contributed by atoms with van der Waals surface area (Å²) in [6.45, 7) is 5.10. The Labute approximate surface area is 151 Å². The van der Waals surface area contributed by atoms with Crippen LogP contribution in [0.5, 0.6) is 0 Å². The van der Waals surface area contributed by atoms with Crippen molar-refractivity contribution in [3.8, 4) is 0 Å². The molecule has 26 heavy (non-hydrogen) atoms. The molecule has 2 aromatic rings. The predicted octanol–water partition coefficient (Wildman–Crippen LogP) is 0.0949. The van der Waals surface area contributed by atoms with Gasteiger partial charge in [0.05, 0.1) is 12.1 Å². The number of hydrogen-bond donors (Lipinski definition) is 0. The molecular weight excluding hydrogens is 360 g/mol. The van der Waals surface area contributed by atoms with Crippen molar-refractivity contribution in [2.45, 2.75) is 37.6 Å². The normalized spacial score (nSPS) is 15.8. The van der Waals surface area contributed by atoms with Gasteiger partial charge >= 0.3 is 0 Å². The second-order valence-electron chi connectivity index (χ2n) is 6.29. The van der Waals surface area contributed by atoms with E-state index < -0.39 is 10.0 Å². The summed E-state index contributed by atoms with van der Waals surface area (Å²) < 4.78 is 33.3. The number of aromatic nitrogens is 4. The molecule has 0 aromatic carbocycles. The first-order valence-electron chi connectivity index (χ1n) is 8.38. The van der Waals surface area contributed by atoms with Crippen LogP contribution in [-0.2, 0) is 27.8 Å². The van der Waals surface area contributed by atoms with Gasteiger partial charge in [-0.05, 0) is 6.92 Å². The molecule has 1 aliphatic rings. The fraction of sp³-hybridized carbons (Fsp3) is 0.600. The van der Waals surface area contributed by atoms with Crippen LogP contribution in [0, 0.1) is 0 Å². The molecule has 0 saturated carbocycles. The van der Waals surface area contributed by atoms with E-state index in [4.69, 9.17) is 4.52 Å². The van der Waals surface area contributed by atoms with Crippen LogP contribution in [0.4, 0.5) is 0 Å². The van der Waals surface area contributed by atoms with Crippen LogP contribution in [-0.4, -0.2) is 70.1 Å². The predicted molar refractivity (Wildman–Crippen MR) is 90.7 cm³/mol. The first-order valence-corrected chi connectivity index (χ1v) is 9.82. The third kappa shape index (κ3) is 3.63. The molecule has 1 saturated heterocycles. The molecule has 0 spiro atoms. The van der Waals surface area contributed by atoms with E-state index in [1.165, 1.54) is 23.6 Å². The van der Waals surface area contributed by atoms with Gasteiger partial charge in [0.1, 0.15) is 4.90 Å². The van der Waals surface area contributed by atoms with Crippen LogP contribution < -0.4 is 0 Å². The SMILES string of the molecule is CCn1cc(S(=O)(=O)N2CC(c3nc(CCN(C)C(C)=O)no3)C2)cn1. The van der Waals surface area contributed by atoms with Crippen molar-refractivity contribution in [2.75, 3.05) is 26.7 Å². The lowest BCUT2D eigenvalue weighted by atomic mass is 10.0. The minimum Gasteiger partial charge on any atom is -0.346 e. The van der Waals surface area contributed by atoms with E-state index in [1.54, 1.807) is 16.6 Å². The van der Waals surface area contributed by atoms with Crippen molar-refractivity contribution < 1.29 is 17.7 Å². The van der Waals surface area contributed by atoms with Crippen LogP contribution >= 0.6 is 0 Å². The number of nitrogens with zero attached hydrogens (tertiary/aromatic N) is 6. The summed E-state index contributed by atoms with van der Waals surface area (Å²) in [5, 5.41) is 7.92. The number of carbonyl (C=O) groups is 1. The quantitative estimate of drug-likeness (QED) is 0.667. The lowest BCUT2D eigenvalue weighted by Crippen LogP contribution is -2.48. The largest absolute Gasteiger partial charge is 0.346 e. The smallest absolute Gasteiger partial charge is 0.246 e. The summed E-state index contributed by atoms with van der Waals surface area (Å²) in [6, 6.07) is 0. The van der Waals surface area contributed by atoms with Gasteiger partial charge in [0.2, 0.25) is 21.8 Å². The van der Waals surface area contributed by atoms with Crippen molar-refractivity contribution in [3.05, 3.63) is 24.1 Å². The van der Waals surface area contributed by atoms with Gasteiger partial charge in [-0.15, -0.1) is 0 Å². The summed E-state index contributed by atoms with van der Waals surface area (Å²) in [5.74, 6) is 0.803. The molecule has 11 heteroatoms. The van der Waals surface area contributed by atoms with Crippen molar-refractivity contribution in [2.24, 2.45) is 0 Å².